The highest BCUT2D eigenvalue weighted by Gasteiger charge is 2.44. The Bertz CT molecular complexity index is 4390. The van der Waals surface area contributed by atoms with Gasteiger partial charge in [0, 0.05) is 22.7 Å². The fourth-order valence-electron chi connectivity index (χ4n) is 13.9. The van der Waals surface area contributed by atoms with Crippen LogP contribution in [0.1, 0.15) is 116 Å². The molecule has 0 N–H and O–H groups in total. The van der Waals surface area contributed by atoms with Crippen LogP contribution in [0, 0.1) is 5.92 Å². The van der Waals surface area contributed by atoms with Crippen LogP contribution in [0.3, 0.4) is 0 Å². The van der Waals surface area contributed by atoms with E-state index in [0.717, 1.165) is 107 Å². The molecule has 0 radical (unpaired) electrons. The Morgan fingerprint density at radius 2 is 0.756 bits per heavy atom. The minimum absolute atomic E-state index is 0.0189. The van der Waals surface area contributed by atoms with E-state index in [0.29, 0.717) is 17.1 Å². The van der Waals surface area contributed by atoms with Crippen LogP contribution in [0.2, 0.25) is 0 Å². The van der Waals surface area contributed by atoms with Crippen molar-refractivity contribution in [3.63, 3.8) is 0 Å². The highest BCUT2D eigenvalue weighted by Crippen LogP contribution is 2.56. The summed E-state index contributed by atoms with van der Waals surface area (Å²) in [4.78, 5) is 3.67. The molecule has 2 atom stereocenters. The fraction of sp³-hybridized carbons (Fsp3) is 0.244. The van der Waals surface area contributed by atoms with E-state index in [1.54, 1.807) is 29.2 Å². The number of rotatable bonds is 10. The standard InChI is InChI=1S/C82H76F6N2/c1-77(2,3)63-29-17-13-25-55(63)53-41-47-71(61(49-53)57-27-15-19-31-65(57)79(7,8)9)89(73-35-23-21-33-67(73)81(83,84)85)69-45-39-51-38-44-60-70(46-40-52-37-43-59(69)75(51)76(52)60)90(74-36-24-22-34-68(74)82(86,87)88)72-48-42-54(56-26-14-18-30-64(56)78(4,5)6)50-62(72)58-28-16-20-32-66(58)80(10,11)12/h13-50,69,76H,1-12H3. The van der Waals surface area contributed by atoms with Crippen molar-refractivity contribution in [2.45, 2.75) is 123 Å². The molecule has 0 saturated carbocycles. The summed E-state index contributed by atoms with van der Waals surface area (Å²) in [6.07, 6.45) is 6.56. The van der Waals surface area contributed by atoms with Crippen LogP contribution in [0.4, 0.5) is 49.1 Å². The van der Waals surface area contributed by atoms with E-state index in [-0.39, 0.29) is 33.0 Å². The van der Waals surface area contributed by atoms with Gasteiger partial charge >= 0.3 is 12.4 Å². The van der Waals surface area contributed by atoms with Crippen molar-refractivity contribution in [1.82, 2.24) is 0 Å². The number of hydrogen-bond acceptors (Lipinski definition) is 2. The van der Waals surface area contributed by atoms with E-state index in [9.17, 15) is 0 Å². The van der Waals surface area contributed by atoms with E-state index in [4.69, 9.17) is 0 Å². The summed E-state index contributed by atoms with van der Waals surface area (Å²) in [6.45, 7) is 26.0. The van der Waals surface area contributed by atoms with Crippen molar-refractivity contribution < 1.29 is 26.3 Å². The Balaban J connectivity index is 1.10. The molecule has 0 saturated heterocycles. The summed E-state index contributed by atoms with van der Waals surface area (Å²) >= 11 is 0. The smallest absolute Gasteiger partial charge is 0.329 e. The molecule has 4 aliphatic carbocycles. The summed E-state index contributed by atoms with van der Waals surface area (Å²) in [6, 6.07) is 56.1. The molecular formula is C82H76F6N2. The molecule has 0 bridgehead atoms. The third-order valence-corrected chi connectivity index (χ3v) is 18.0. The van der Waals surface area contributed by atoms with Gasteiger partial charge in [0.1, 0.15) is 0 Å². The summed E-state index contributed by atoms with van der Waals surface area (Å²) in [5, 5.41) is 0. The first-order chi connectivity index (χ1) is 42.5. The molecule has 0 spiro atoms. The van der Waals surface area contributed by atoms with Gasteiger partial charge in [-0.25, -0.2) is 0 Å². The molecule has 2 unspecified atom stereocenters. The van der Waals surface area contributed by atoms with Gasteiger partial charge in [-0.15, -0.1) is 0 Å². The lowest BCUT2D eigenvalue weighted by Gasteiger charge is -2.44. The topological polar surface area (TPSA) is 6.48 Å². The number of allylic oxidation sites excluding steroid dienone is 10. The van der Waals surface area contributed by atoms with Gasteiger partial charge in [0.15, 0.2) is 0 Å². The van der Waals surface area contributed by atoms with Crippen LogP contribution in [0.15, 0.2) is 264 Å². The fourth-order valence-corrected chi connectivity index (χ4v) is 13.9. The van der Waals surface area contributed by atoms with Crippen molar-refractivity contribution in [2.75, 3.05) is 9.80 Å². The molecule has 90 heavy (non-hydrogen) atoms. The number of hydrogen-bond donors (Lipinski definition) is 0. The molecule has 12 rings (SSSR count). The minimum Gasteiger partial charge on any atom is -0.329 e. The van der Waals surface area contributed by atoms with Crippen molar-refractivity contribution in [3.8, 4) is 44.5 Å². The van der Waals surface area contributed by atoms with E-state index in [1.807, 2.05) is 126 Å². The largest absolute Gasteiger partial charge is 0.418 e. The first kappa shape index (κ1) is 61.4. The summed E-state index contributed by atoms with van der Waals surface area (Å²) < 4.78 is 95.8. The molecule has 4 aliphatic rings. The molecule has 8 heteroatoms. The third-order valence-electron chi connectivity index (χ3n) is 18.0. The summed E-state index contributed by atoms with van der Waals surface area (Å²) in [5.74, 6) is -0.529. The first-order valence-electron chi connectivity index (χ1n) is 31.0. The number of benzene rings is 8. The van der Waals surface area contributed by atoms with E-state index < -0.39 is 35.4 Å². The summed E-state index contributed by atoms with van der Waals surface area (Å²) in [7, 11) is 0. The zero-order chi connectivity index (χ0) is 64.0. The Kier molecular flexibility index (Phi) is 15.4. The van der Waals surface area contributed by atoms with Crippen molar-refractivity contribution in [1.29, 1.82) is 0 Å². The maximum Gasteiger partial charge on any atom is 0.418 e. The number of anilines is 4. The van der Waals surface area contributed by atoms with Crippen LogP contribution in [0.5, 0.6) is 0 Å². The first-order valence-corrected chi connectivity index (χ1v) is 31.0. The van der Waals surface area contributed by atoms with Crippen molar-refractivity contribution in [3.05, 3.63) is 298 Å². The molecule has 456 valence electrons. The van der Waals surface area contributed by atoms with Gasteiger partial charge in [0.05, 0.1) is 39.9 Å². The van der Waals surface area contributed by atoms with Gasteiger partial charge in [-0.05, 0) is 160 Å². The summed E-state index contributed by atoms with van der Waals surface area (Å²) in [5.41, 5.74) is 14.5. The van der Waals surface area contributed by atoms with Gasteiger partial charge in [0.25, 0.3) is 0 Å². The third kappa shape index (κ3) is 11.3. The maximum atomic E-state index is 16.0. The molecule has 0 fully saturated rings. The van der Waals surface area contributed by atoms with E-state index >= 15 is 26.3 Å². The van der Waals surface area contributed by atoms with Gasteiger partial charge in [0.2, 0.25) is 0 Å². The minimum atomic E-state index is -4.75. The van der Waals surface area contributed by atoms with Gasteiger partial charge in [-0.2, -0.15) is 26.3 Å². The average Bonchev–Trinajstić information content (AvgIpc) is 0.721. The van der Waals surface area contributed by atoms with E-state index in [1.165, 1.54) is 12.1 Å². The van der Waals surface area contributed by atoms with Gasteiger partial charge in [-0.3, -0.25) is 0 Å². The molecule has 0 amide bonds. The lowest BCUT2D eigenvalue weighted by atomic mass is 9.67. The van der Waals surface area contributed by atoms with Crippen LogP contribution >= 0.6 is 0 Å². The molecular weight excluding hydrogens is 1130 g/mol. The second-order valence-electron chi connectivity index (χ2n) is 28.3. The molecule has 0 aromatic heterocycles. The lowest BCUT2D eigenvalue weighted by Crippen LogP contribution is -2.38. The Labute approximate surface area is 527 Å². The normalized spacial score (nSPS) is 16.7. The average molecular weight is 1200 g/mol. The predicted molar refractivity (Wildman–Crippen MR) is 362 cm³/mol. The monoisotopic (exact) mass is 1200 g/mol. The van der Waals surface area contributed by atoms with E-state index in [2.05, 4.69) is 144 Å². The van der Waals surface area contributed by atoms with Gasteiger partial charge in [-0.1, -0.05) is 259 Å². The zero-order valence-electron chi connectivity index (χ0n) is 53.3. The second-order valence-corrected chi connectivity index (χ2v) is 28.3. The Morgan fingerprint density at radius 1 is 0.344 bits per heavy atom. The zero-order valence-corrected chi connectivity index (χ0v) is 53.3. The molecule has 0 aliphatic heterocycles. The Morgan fingerprint density at radius 3 is 1.24 bits per heavy atom. The molecule has 8 aromatic carbocycles. The molecule has 0 heterocycles. The number of para-hydroxylation sites is 2. The number of nitrogens with zero attached hydrogens (tertiary/aromatic N) is 2. The van der Waals surface area contributed by atoms with Crippen molar-refractivity contribution in [2.24, 2.45) is 5.92 Å². The lowest BCUT2D eigenvalue weighted by molar-refractivity contribution is -0.137. The maximum absolute atomic E-state index is 16.0. The van der Waals surface area contributed by atoms with Gasteiger partial charge < -0.3 is 9.80 Å². The highest BCUT2D eigenvalue weighted by molar-refractivity contribution is 5.94. The molecule has 8 aromatic rings. The number of halogens is 6. The van der Waals surface area contributed by atoms with Crippen LogP contribution < -0.4 is 9.80 Å². The molecule has 2 nitrogen and oxygen atoms in total. The Hall–Kier alpha value is -8.88. The number of alkyl halides is 6. The van der Waals surface area contributed by atoms with Crippen LogP contribution in [0.25, 0.3) is 44.5 Å². The SMILES string of the molecule is CC(C)(C)c1ccccc1-c1ccc(N(C2=C3C=CC4=C5C(=CC=C(C=C2)C35)C(N(c2ccc(-c3ccccc3C(C)(C)C)cc2-c2ccccc2C(C)(C)C)c2ccccc2C(F)(F)F)C=C4)c2ccccc2C(F)(F)F)c(-c2ccccc2C(C)(C)C)c1. The van der Waals surface area contributed by atoms with Crippen LogP contribution in [-0.2, 0) is 34.0 Å². The quantitative estimate of drug-likeness (QED) is 0.126. The van der Waals surface area contributed by atoms with Crippen LogP contribution in [-0.4, -0.2) is 6.04 Å². The van der Waals surface area contributed by atoms with Crippen molar-refractivity contribution >= 4 is 22.7 Å². The highest BCUT2D eigenvalue weighted by atomic mass is 19.4. The predicted octanol–water partition coefficient (Wildman–Crippen LogP) is 23.7. The second kappa shape index (κ2) is 22.6.